The molecule has 28 heavy (non-hydrogen) atoms. The number of imide groups is 1. The van der Waals surface area contributed by atoms with Crippen molar-refractivity contribution in [3.8, 4) is 0 Å². The second-order valence-corrected chi connectivity index (χ2v) is 7.12. The first-order valence-electron chi connectivity index (χ1n) is 9.19. The molecule has 1 unspecified atom stereocenters. The number of nitrogens with one attached hydrogen (secondary N) is 2. The largest absolute Gasteiger partial charge is 0.350 e. The van der Waals surface area contributed by atoms with Crippen molar-refractivity contribution in [2.45, 2.75) is 45.8 Å². The lowest BCUT2D eigenvalue weighted by atomic mass is 10.1. The maximum Gasteiger partial charge on any atom is 0.325 e. The van der Waals surface area contributed by atoms with Gasteiger partial charge < -0.3 is 10.6 Å². The minimum atomic E-state index is -0.742. The first kappa shape index (κ1) is 19.5. The number of nitrogens with zero attached hydrogens (tertiary/aromatic N) is 4. The van der Waals surface area contributed by atoms with Crippen LogP contribution in [-0.4, -0.2) is 50.3 Å². The molecular formula is C19H24N6O3. The van der Waals surface area contributed by atoms with Gasteiger partial charge in [0.25, 0.3) is 5.91 Å². The Morgan fingerprint density at radius 1 is 1.29 bits per heavy atom. The lowest BCUT2D eigenvalue weighted by molar-refractivity contribution is -0.132. The number of carbonyl (C=O) groups is 3. The number of benzene rings is 1. The second-order valence-electron chi connectivity index (χ2n) is 7.12. The molecule has 1 aromatic carbocycles. The van der Waals surface area contributed by atoms with E-state index in [1.165, 1.54) is 0 Å². The van der Waals surface area contributed by atoms with Crippen LogP contribution in [0.25, 0.3) is 0 Å². The zero-order valence-corrected chi connectivity index (χ0v) is 16.2. The molecule has 0 spiro atoms. The van der Waals surface area contributed by atoms with Gasteiger partial charge in [0.1, 0.15) is 12.6 Å². The van der Waals surface area contributed by atoms with E-state index in [1.807, 2.05) is 45.0 Å². The Balaban J connectivity index is 1.55. The number of hydrogen-bond acceptors (Lipinski definition) is 5. The summed E-state index contributed by atoms with van der Waals surface area (Å²) in [4.78, 5) is 37.8. The van der Waals surface area contributed by atoms with E-state index in [0.717, 1.165) is 16.0 Å². The van der Waals surface area contributed by atoms with Crippen LogP contribution in [0.2, 0.25) is 0 Å². The molecule has 3 rings (SSSR count). The molecule has 4 amide bonds. The van der Waals surface area contributed by atoms with Crippen molar-refractivity contribution in [1.82, 2.24) is 30.5 Å². The SMILES string of the molecule is Cc1ccccc1CNC(=O)CN1C(=O)NC(Cc2cn(C(C)C)nn2)C1=O. The highest BCUT2D eigenvalue weighted by atomic mass is 16.2. The zero-order chi connectivity index (χ0) is 20.3. The molecule has 9 heteroatoms. The number of rotatable bonds is 7. The van der Waals surface area contributed by atoms with Crippen LogP contribution < -0.4 is 10.6 Å². The molecule has 1 aliphatic rings. The molecule has 1 fully saturated rings. The molecule has 9 nitrogen and oxygen atoms in total. The number of hydrogen-bond donors (Lipinski definition) is 2. The van der Waals surface area contributed by atoms with Gasteiger partial charge in [-0.15, -0.1) is 5.10 Å². The van der Waals surface area contributed by atoms with E-state index >= 15 is 0 Å². The highest BCUT2D eigenvalue weighted by Gasteiger charge is 2.39. The van der Waals surface area contributed by atoms with Gasteiger partial charge in [0.05, 0.1) is 5.69 Å². The Kier molecular flexibility index (Phi) is 5.72. The van der Waals surface area contributed by atoms with E-state index in [9.17, 15) is 14.4 Å². The number of amides is 4. The lowest BCUT2D eigenvalue weighted by Crippen LogP contribution is -2.41. The molecule has 0 radical (unpaired) electrons. The summed E-state index contributed by atoms with van der Waals surface area (Å²) in [5.74, 6) is -0.826. The fraction of sp³-hybridized carbons (Fsp3) is 0.421. The minimum absolute atomic E-state index is 0.156. The zero-order valence-electron chi connectivity index (χ0n) is 16.2. The smallest absolute Gasteiger partial charge is 0.325 e. The van der Waals surface area contributed by atoms with Gasteiger partial charge >= 0.3 is 6.03 Å². The van der Waals surface area contributed by atoms with Crippen LogP contribution >= 0.6 is 0 Å². The first-order chi connectivity index (χ1) is 13.3. The molecule has 1 atom stereocenters. The summed E-state index contributed by atoms with van der Waals surface area (Å²) in [7, 11) is 0. The Morgan fingerprint density at radius 2 is 2.04 bits per heavy atom. The molecule has 1 saturated heterocycles. The predicted molar refractivity (Wildman–Crippen MR) is 101 cm³/mol. The monoisotopic (exact) mass is 384 g/mol. The van der Waals surface area contributed by atoms with Crippen LogP contribution in [-0.2, 0) is 22.6 Å². The fourth-order valence-electron chi connectivity index (χ4n) is 2.94. The summed E-state index contributed by atoms with van der Waals surface area (Å²) in [6, 6.07) is 6.54. The van der Waals surface area contributed by atoms with Gasteiger partial charge in [-0.3, -0.25) is 14.5 Å². The quantitative estimate of drug-likeness (QED) is 0.691. The van der Waals surface area contributed by atoms with E-state index in [4.69, 9.17) is 0 Å². The maximum absolute atomic E-state index is 12.5. The van der Waals surface area contributed by atoms with E-state index in [0.29, 0.717) is 12.2 Å². The van der Waals surface area contributed by atoms with Gasteiger partial charge in [-0.2, -0.15) is 0 Å². The van der Waals surface area contributed by atoms with Gasteiger partial charge in [0.2, 0.25) is 5.91 Å². The third-order valence-electron chi connectivity index (χ3n) is 4.65. The highest BCUT2D eigenvalue weighted by molar-refractivity contribution is 6.06. The Labute approximate surface area is 163 Å². The Morgan fingerprint density at radius 3 is 2.71 bits per heavy atom. The van der Waals surface area contributed by atoms with Gasteiger partial charge in [0, 0.05) is 25.2 Å². The third kappa shape index (κ3) is 4.36. The average molecular weight is 384 g/mol. The summed E-state index contributed by atoms with van der Waals surface area (Å²) in [6.45, 7) is 5.93. The van der Waals surface area contributed by atoms with Crippen molar-refractivity contribution in [1.29, 1.82) is 0 Å². The molecule has 1 aromatic heterocycles. The number of carbonyl (C=O) groups excluding carboxylic acids is 3. The normalized spacial score (nSPS) is 16.6. The lowest BCUT2D eigenvalue weighted by Gasteiger charge is -2.13. The number of urea groups is 1. The molecule has 0 saturated carbocycles. The molecule has 148 valence electrons. The van der Waals surface area contributed by atoms with Crippen molar-refractivity contribution in [3.05, 3.63) is 47.3 Å². The number of aryl methyl sites for hydroxylation is 1. The van der Waals surface area contributed by atoms with Crippen LogP contribution in [0.3, 0.4) is 0 Å². The molecule has 2 heterocycles. The van der Waals surface area contributed by atoms with Crippen LogP contribution in [0.4, 0.5) is 4.79 Å². The van der Waals surface area contributed by atoms with Crippen LogP contribution in [0.1, 0.15) is 36.7 Å². The molecule has 1 aliphatic heterocycles. The Bertz CT molecular complexity index is 891. The van der Waals surface area contributed by atoms with E-state index in [2.05, 4.69) is 20.9 Å². The average Bonchev–Trinajstić information content (AvgIpc) is 3.22. The van der Waals surface area contributed by atoms with E-state index in [-0.39, 0.29) is 19.0 Å². The molecule has 2 aromatic rings. The van der Waals surface area contributed by atoms with Crippen molar-refractivity contribution in [2.75, 3.05) is 6.54 Å². The van der Waals surface area contributed by atoms with Gasteiger partial charge in [0.15, 0.2) is 0 Å². The van der Waals surface area contributed by atoms with Crippen molar-refractivity contribution >= 4 is 17.8 Å². The maximum atomic E-state index is 12.5. The van der Waals surface area contributed by atoms with Crippen LogP contribution in [0.5, 0.6) is 0 Å². The standard InChI is InChI=1S/C19H24N6O3/c1-12(2)25-10-15(22-23-25)8-16-18(27)24(19(28)21-16)11-17(26)20-9-14-7-5-4-6-13(14)3/h4-7,10,12,16H,8-9,11H2,1-3H3,(H,20,26)(H,21,28). The molecule has 0 aliphatic carbocycles. The molecule has 2 N–H and O–H groups in total. The summed E-state index contributed by atoms with van der Waals surface area (Å²) in [5, 5.41) is 13.4. The summed E-state index contributed by atoms with van der Waals surface area (Å²) < 4.78 is 1.69. The van der Waals surface area contributed by atoms with E-state index < -0.39 is 23.9 Å². The minimum Gasteiger partial charge on any atom is -0.350 e. The summed E-state index contributed by atoms with van der Waals surface area (Å²) >= 11 is 0. The first-order valence-corrected chi connectivity index (χ1v) is 9.19. The summed E-state index contributed by atoms with van der Waals surface area (Å²) in [5.41, 5.74) is 2.66. The van der Waals surface area contributed by atoms with Gasteiger partial charge in [-0.1, -0.05) is 29.5 Å². The number of aromatic nitrogens is 3. The topological polar surface area (TPSA) is 109 Å². The van der Waals surface area contributed by atoms with Gasteiger partial charge in [-0.05, 0) is 31.9 Å². The molecule has 0 bridgehead atoms. The van der Waals surface area contributed by atoms with Crippen molar-refractivity contribution < 1.29 is 14.4 Å². The van der Waals surface area contributed by atoms with Crippen LogP contribution in [0, 0.1) is 6.92 Å². The highest BCUT2D eigenvalue weighted by Crippen LogP contribution is 2.12. The van der Waals surface area contributed by atoms with Crippen LogP contribution in [0.15, 0.2) is 30.5 Å². The summed E-state index contributed by atoms with van der Waals surface area (Å²) in [6.07, 6.45) is 1.99. The molecular weight excluding hydrogens is 360 g/mol. The third-order valence-corrected chi connectivity index (χ3v) is 4.65. The second kappa shape index (κ2) is 8.20. The Hall–Kier alpha value is -3.23. The van der Waals surface area contributed by atoms with E-state index in [1.54, 1.807) is 10.9 Å². The van der Waals surface area contributed by atoms with Gasteiger partial charge in [-0.25, -0.2) is 9.48 Å². The predicted octanol–water partition coefficient (Wildman–Crippen LogP) is 0.947. The van der Waals surface area contributed by atoms with Crippen molar-refractivity contribution in [3.63, 3.8) is 0 Å². The van der Waals surface area contributed by atoms with Crippen molar-refractivity contribution in [2.24, 2.45) is 0 Å². The fourth-order valence-corrected chi connectivity index (χ4v) is 2.94.